The number of aliphatic hydroxyl groups is 2. The first-order valence-corrected chi connectivity index (χ1v) is 7.77. The van der Waals surface area contributed by atoms with E-state index in [9.17, 15) is 10.2 Å². The maximum atomic E-state index is 11.5. The van der Waals surface area contributed by atoms with Gasteiger partial charge in [-0.1, -0.05) is 84.4 Å². The Kier molecular flexibility index (Phi) is 4.49. The summed E-state index contributed by atoms with van der Waals surface area (Å²) in [6.45, 7) is 0. The van der Waals surface area contributed by atoms with E-state index >= 15 is 0 Å². The monoisotopic (exact) mass is 324 g/mol. The fourth-order valence-corrected chi connectivity index (χ4v) is 2.88. The molecule has 3 rings (SSSR count). The predicted octanol–water partition coefficient (Wildman–Crippen LogP) is 4.31. The number of benzene rings is 3. The van der Waals surface area contributed by atoms with Crippen LogP contribution < -0.4 is 0 Å². The molecule has 0 aromatic heterocycles. The van der Waals surface area contributed by atoms with E-state index < -0.39 is 11.7 Å². The Hall–Kier alpha value is -2.13. The molecule has 3 aromatic carbocycles. The normalized spacial score (nSPS) is 14.9. The molecular weight excluding hydrogens is 308 g/mol. The second-order valence-corrected chi connectivity index (χ2v) is 5.89. The maximum absolute atomic E-state index is 11.5. The van der Waals surface area contributed by atoms with Gasteiger partial charge >= 0.3 is 0 Å². The Labute approximate surface area is 140 Å². The van der Waals surface area contributed by atoms with Crippen LogP contribution in [-0.4, -0.2) is 10.2 Å². The molecule has 2 atom stereocenters. The van der Waals surface area contributed by atoms with E-state index in [0.717, 1.165) is 0 Å². The molecule has 0 spiro atoms. The smallest absolute Gasteiger partial charge is 0.145 e. The van der Waals surface area contributed by atoms with Crippen LogP contribution in [0.25, 0.3) is 0 Å². The molecule has 0 amide bonds. The van der Waals surface area contributed by atoms with Crippen LogP contribution in [-0.2, 0) is 5.60 Å². The summed E-state index contributed by atoms with van der Waals surface area (Å²) in [5.74, 6) is 0. The molecule has 0 fully saturated rings. The molecule has 3 aromatic rings. The van der Waals surface area contributed by atoms with Gasteiger partial charge in [-0.15, -0.1) is 0 Å². The molecule has 0 aliphatic carbocycles. The topological polar surface area (TPSA) is 40.5 Å². The van der Waals surface area contributed by atoms with Gasteiger partial charge in [0.25, 0.3) is 0 Å². The summed E-state index contributed by atoms with van der Waals surface area (Å²) in [4.78, 5) is 0. The molecule has 0 aliphatic heterocycles. The van der Waals surface area contributed by atoms with Crippen LogP contribution in [0.2, 0.25) is 5.02 Å². The summed E-state index contributed by atoms with van der Waals surface area (Å²) in [6, 6.07) is 25.2. The first-order valence-electron chi connectivity index (χ1n) is 7.39. The van der Waals surface area contributed by atoms with Gasteiger partial charge in [0.1, 0.15) is 11.7 Å². The van der Waals surface area contributed by atoms with E-state index in [1.807, 2.05) is 36.4 Å². The summed E-state index contributed by atoms with van der Waals surface area (Å²) >= 11 is 5.96. The van der Waals surface area contributed by atoms with Gasteiger partial charge in [0.05, 0.1) is 0 Å². The van der Waals surface area contributed by atoms with E-state index in [0.29, 0.717) is 21.7 Å². The molecule has 0 saturated carbocycles. The van der Waals surface area contributed by atoms with Crippen molar-refractivity contribution < 1.29 is 10.2 Å². The van der Waals surface area contributed by atoms with Crippen LogP contribution in [0.4, 0.5) is 0 Å². The largest absolute Gasteiger partial charge is 0.385 e. The summed E-state index contributed by atoms with van der Waals surface area (Å²) in [5, 5.41) is 23.0. The molecule has 116 valence electrons. The third-order valence-corrected chi connectivity index (χ3v) is 4.26. The molecule has 0 unspecified atom stereocenters. The van der Waals surface area contributed by atoms with Gasteiger partial charge < -0.3 is 10.2 Å². The highest BCUT2D eigenvalue weighted by molar-refractivity contribution is 6.30. The number of halogens is 1. The fraction of sp³-hybridized carbons (Fsp3) is 0.100. The fourth-order valence-electron chi connectivity index (χ4n) is 2.76. The average Bonchev–Trinajstić information content (AvgIpc) is 2.62. The highest BCUT2D eigenvalue weighted by Crippen LogP contribution is 2.41. The highest BCUT2D eigenvalue weighted by Gasteiger charge is 2.40. The van der Waals surface area contributed by atoms with Gasteiger partial charge in [0.15, 0.2) is 0 Å². The van der Waals surface area contributed by atoms with Crippen molar-refractivity contribution in [2.24, 2.45) is 0 Å². The van der Waals surface area contributed by atoms with Crippen molar-refractivity contribution in [3.05, 3.63) is 107 Å². The zero-order chi connectivity index (χ0) is 16.3. The van der Waals surface area contributed by atoms with Crippen LogP contribution in [0, 0.1) is 0 Å². The van der Waals surface area contributed by atoms with Crippen LogP contribution in [0.15, 0.2) is 84.9 Å². The Morgan fingerprint density at radius 2 is 1.17 bits per heavy atom. The Balaban J connectivity index is 2.16. The van der Waals surface area contributed by atoms with Crippen LogP contribution >= 0.6 is 11.6 Å². The van der Waals surface area contributed by atoms with E-state index in [2.05, 4.69) is 0 Å². The van der Waals surface area contributed by atoms with Gasteiger partial charge in [-0.2, -0.15) is 0 Å². The second-order valence-electron chi connectivity index (χ2n) is 5.45. The average molecular weight is 325 g/mol. The Morgan fingerprint density at radius 3 is 1.74 bits per heavy atom. The molecular formula is C20H17ClO2. The Bertz CT molecular complexity index is 757. The minimum atomic E-state index is -1.56. The zero-order valence-corrected chi connectivity index (χ0v) is 13.2. The lowest BCUT2D eigenvalue weighted by Crippen LogP contribution is -2.35. The number of hydrogen-bond donors (Lipinski definition) is 2. The summed E-state index contributed by atoms with van der Waals surface area (Å²) < 4.78 is 0. The Morgan fingerprint density at radius 1 is 0.696 bits per heavy atom. The van der Waals surface area contributed by atoms with E-state index in [4.69, 9.17) is 11.6 Å². The first kappa shape index (κ1) is 15.8. The predicted molar refractivity (Wildman–Crippen MR) is 92.3 cm³/mol. The molecule has 0 saturated heterocycles. The molecule has 0 aliphatic rings. The van der Waals surface area contributed by atoms with Gasteiger partial charge in [-0.3, -0.25) is 0 Å². The van der Waals surface area contributed by atoms with Crippen molar-refractivity contribution in [3.63, 3.8) is 0 Å². The minimum Gasteiger partial charge on any atom is -0.385 e. The standard InChI is InChI=1S/C20H17ClO2/c21-18-13-11-17(12-14-18)20(23,16-9-5-2-6-10-16)19(22)15-7-3-1-4-8-15/h1-14,19,22-23H/t19-,20-/m1/s1. The van der Waals surface area contributed by atoms with Crippen molar-refractivity contribution in [1.29, 1.82) is 0 Å². The lowest BCUT2D eigenvalue weighted by molar-refractivity contribution is -0.0517. The van der Waals surface area contributed by atoms with Gasteiger partial charge in [-0.05, 0) is 28.8 Å². The number of aliphatic hydroxyl groups excluding tert-OH is 1. The zero-order valence-electron chi connectivity index (χ0n) is 12.4. The quantitative estimate of drug-likeness (QED) is 0.750. The van der Waals surface area contributed by atoms with E-state index in [1.165, 1.54) is 0 Å². The molecule has 0 radical (unpaired) electrons. The summed E-state index contributed by atoms with van der Waals surface area (Å²) in [5.41, 5.74) is 0.296. The van der Waals surface area contributed by atoms with Gasteiger partial charge in [0, 0.05) is 5.02 Å². The van der Waals surface area contributed by atoms with Crippen LogP contribution in [0.3, 0.4) is 0 Å². The van der Waals surface area contributed by atoms with Crippen molar-refractivity contribution in [3.8, 4) is 0 Å². The lowest BCUT2D eigenvalue weighted by atomic mass is 9.79. The van der Waals surface area contributed by atoms with Crippen LogP contribution in [0.5, 0.6) is 0 Å². The van der Waals surface area contributed by atoms with Gasteiger partial charge in [0.2, 0.25) is 0 Å². The van der Waals surface area contributed by atoms with Crippen molar-refractivity contribution in [2.75, 3.05) is 0 Å². The van der Waals surface area contributed by atoms with Crippen molar-refractivity contribution >= 4 is 11.6 Å². The molecule has 0 heterocycles. The second kappa shape index (κ2) is 6.55. The van der Waals surface area contributed by atoms with Crippen molar-refractivity contribution in [1.82, 2.24) is 0 Å². The first-order chi connectivity index (χ1) is 11.1. The van der Waals surface area contributed by atoms with Crippen LogP contribution in [0.1, 0.15) is 22.8 Å². The maximum Gasteiger partial charge on any atom is 0.145 e. The molecule has 0 bridgehead atoms. The SMILES string of the molecule is O[C@H](c1ccccc1)[C@@](O)(c1ccccc1)c1ccc(Cl)cc1. The third-order valence-electron chi connectivity index (χ3n) is 4.01. The molecule has 2 nitrogen and oxygen atoms in total. The molecule has 3 heteroatoms. The highest BCUT2D eigenvalue weighted by atomic mass is 35.5. The van der Waals surface area contributed by atoms with Crippen molar-refractivity contribution in [2.45, 2.75) is 11.7 Å². The molecule has 2 N–H and O–H groups in total. The molecule has 23 heavy (non-hydrogen) atoms. The third kappa shape index (κ3) is 3.02. The number of rotatable bonds is 4. The number of hydrogen-bond acceptors (Lipinski definition) is 2. The van der Waals surface area contributed by atoms with Gasteiger partial charge in [-0.25, -0.2) is 0 Å². The summed E-state index contributed by atoms with van der Waals surface area (Å²) in [6.07, 6.45) is -1.10. The lowest BCUT2D eigenvalue weighted by Gasteiger charge is -2.34. The minimum absolute atomic E-state index is 0.582. The van der Waals surface area contributed by atoms with E-state index in [1.54, 1.807) is 48.5 Å². The van der Waals surface area contributed by atoms with E-state index in [-0.39, 0.29) is 0 Å². The summed E-state index contributed by atoms with van der Waals surface area (Å²) in [7, 11) is 0.